The highest BCUT2D eigenvalue weighted by atomic mass is 35.5. The summed E-state index contributed by atoms with van der Waals surface area (Å²) in [6.45, 7) is 5.48. The minimum Gasteiger partial charge on any atom is -0.367 e. The molecule has 2 aromatic heterocycles. The van der Waals surface area contributed by atoms with Gasteiger partial charge in [-0.3, -0.25) is 14.4 Å². The summed E-state index contributed by atoms with van der Waals surface area (Å²) in [7, 11) is 0. The molecule has 2 aliphatic rings. The van der Waals surface area contributed by atoms with E-state index in [1.54, 1.807) is 22.9 Å². The van der Waals surface area contributed by atoms with E-state index >= 15 is 0 Å². The van der Waals surface area contributed by atoms with Crippen molar-refractivity contribution in [2.75, 3.05) is 36.4 Å². The van der Waals surface area contributed by atoms with Crippen LogP contribution in [0, 0.1) is 5.82 Å². The van der Waals surface area contributed by atoms with Gasteiger partial charge in [-0.1, -0.05) is 23.7 Å². The molecule has 4 aromatic rings. The van der Waals surface area contributed by atoms with Crippen molar-refractivity contribution < 1.29 is 4.39 Å². The fourth-order valence-electron chi connectivity index (χ4n) is 5.05. The first-order valence-electron chi connectivity index (χ1n) is 13.0. The van der Waals surface area contributed by atoms with E-state index in [2.05, 4.69) is 25.6 Å². The number of nitrogens with one attached hydrogen (secondary N) is 2. The Morgan fingerprint density at radius 2 is 1.95 bits per heavy atom. The number of nitrogens with zero attached hydrogens (tertiary/aromatic N) is 5. The van der Waals surface area contributed by atoms with E-state index in [4.69, 9.17) is 11.6 Å². The predicted molar refractivity (Wildman–Crippen MR) is 156 cm³/mol. The Balaban J connectivity index is 1.31. The number of hydrogen-bond donors (Lipinski definition) is 2. The first-order chi connectivity index (χ1) is 19.0. The van der Waals surface area contributed by atoms with Crippen molar-refractivity contribution in [2.45, 2.75) is 19.9 Å². The highest BCUT2D eigenvalue weighted by molar-refractivity contribution is 6.33. The molecule has 0 aliphatic carbocycles. The van der Waals surface area contributed by atoms with Gasteiger partial charge in [-0.15, -0.1) is 0 Å². The standard InChI is InChI=1S/C29H27ClFN7O/c1-2-38-27-20(13-23(28(38)39)22-5-3-18(14-24(22)30)19-7-8-33-16-19)17-34-29(36-27)35-21-4-6-26(25(31)15-21)37-11-9-32-10-12-37/h3-6,8,13-17,32H,2,7,9-12H2,1H3,(H,34,35,36). The van der Waals surface area contributed by atoms with E-state index < -0.39 is 0 Å². The SMILES string of the molecule is CCn1c(=O)c(-c2ccc(C3=CN=CC3)cc2Cl)cc2cnc(Nc3ccc(N4CCNCC4)c(F)c3)nc21. The van der Waals surface area contributed by atoms with Crippen LogP contribution in [0.15, 0.2) is 64.6 Å². The summed E-state index contributed by atoms with van der Waals surface area (Å²) < 4.78 is 16.5. The van der Waals surface area contributed by atoms with Crippen LogP contribution in [-0.4, -0.2) is 46.9 Å². The van der Waals surface area contributed by atoms with Crippen molar-refractivity contribution in [3.63, 3.8) is 0 Å². The van der Waals surface area contributed by atoms with Gasteiger partial charge in [0.05, 0.1) is 5.69 Å². The Bertz CT molecular complexity index is 1690. The molecule has 0 atom stereocenters. The van der Waals surface area contributed by atoms with Crippen LogP contribution in [0.2, 0.25) is 5.02 Å². The highest BCUT2D eigenvalue weighted by Gasteiger charge is 2.18. The molecule has 0 spiro atoms. The van der Waals surface area contributed by atoms with E-state index in [-0.39, 0.29) is 17.3 Å². The fraction of sp³-hybridized carbons (Fsp3) is 0.241. The van der Waals surface area contributed by atoms with Gasteiger partial charge in [0, 0.05) is 85.0 Å². The lowest BCUT2D eigenvalue weighted by Crippen LogP contribution is -2.43. The van der Waals surface area contributed by atoms with Crippen molar-refractivity contribution in [3.05, 3.63) is 81.6 Å². The summed E-state index contributed by atoms with van der Waals surface area (Å²) in [6.07, 6.45) is 6.09. The van der Waals surface area contributed by atoms with Crippen molar-refractivity contribution in [3.8, 4) is 11.1 Å². The molecule has 198 valence electrons. The number of benzene rings is 2. The third-order valence-corrected chi connectivity index (χ3v) is 7.39. The van der Waals surface area contributed by atoms with Gasteiger partial charge in [-0.25, -0.2) is 9.37 Å². The van der Waals surface area contributed by atoms with Gasteiger partial charge >= 0.3 is 0 Å². The normalized spacial score (nSPS) is 15.2. The Labute approximate surface area is 229 Å². The lowest BCUT2D eigenvalue weighted by molar-refractivity contribution is 0.566. The van der Waals surface area contributed by atoms with Crippen LogP contribution in [-0.2, 0) is 6.54 Å². The first kappa shape index (κ1) is 25.2. The zero-order valence-electron chi connectivity index (χ0n) is 21.4. The summed E-state index contributed by atoms with van der Waals surface area (Å²) >= 11 is 6.66. The van der Waals surface area contributed by atoms with E-state index in [1.807, 2.05) is 48.5 Å². The zero-order chi connectivity index (χ0) is 26.9. The number of piperazine rings is 1. The second kappa shape index (κ2) is 10.6. The molecule has 0 bridgehead atoms. The van der Waals surface area contributed by atoms with Gasteiger partial charge in [0.15, 0.2) is 0 Å². The van der Waals surface area contributed by atoms with Crippen molar-refractivity contribution in [1.29, 1.82) is 0 Å². The van der Waals surface area contributed by atoms with E-state index in [0.717, 1.165) is 43.7 Å². The number of allylic oxidation sites excluding steroid dienone is 1. The monoisotopic (exact) mass is 543 g/mol. The molecule has 0 radical (unpaired) electrons. The Morgan fingerprint density at radius 3 is 2.67 bits per heavy atom. The lowest BCUT2D eigenvalue weighted by atomic mass is 10.00. The fourth-order valence-corrected chi connectivity index (χ4v) is 5.34. The molecule has 2 aromatic carbocycles. The van der Waals surface area contributed by atoms with Crippen LogP contribution in [0.25, 0.3) is 27.7 Å². The van der Waals surface area contributed by atoms with Crippen LogP contribution >= 0.6 is 11.6 Å². The van der Waals surface area contributed by atoms with Gasteiger partial charge in [0.1, 0.15) is 11.5 Å². The number of aliphatic imine (C=N–C) groups is 1. The van der Waals surface area contributed by atoms with Gasteiger partial charge < -0.3 is 15.5 Å². The van der Waals surface area contributed by atoms with E-state index in [9.17, 15) is 9.18 Å². The van der Waals surface area contributed by atoms with Crippen molar-refractivity contribution in [1.82, 2.24) is 19.9 Å². The second-order valence-electron chi connectivity index (χ2n) is 9.49. The molecule has 10 heteroatoms. The Morgan fingerprint density at radius 1 is 1.10 bits per heavy atom. The molecule has 2 aliphatic heterocycles. The number of halogens is 2. The number of anilines is 3. The minimum atomic E-state index is -0.308. The molecule has 4 heterocycles. The molecule has 0 saturated carbocycles. The van der Waals surface area contributed by atoms with Gasteiger partial charge in [0.25, 0.3) is 5.56 Å². The third-order valence-electron chi connectivity index (χ3n) is 7.08. The number of rotatable bonds is 6. The zero-order valence-corrected chi connectivity index (χ0v) is 22.2. The molecule has 1 saturated heterocycles. The molecule has 2 N–H and O–H groups in total. The average Bonchev–Trinajstić information content (AvgIpc) is 3.49. The minimum absolute atomic E-state index is 0.195. The summed E-state index contributed by atoms with van der Waals surface area (Å²) in [5.74, 6) is -0.0296. The molecule has 1 fully saturated rings. The summed E-state index contributed by atoms with van der Waals surface area (Å²) in [5, 5.41) is 7.54. The number of aryl methyl sites for hydroxylation is 1. The molecule has 0 unspecified atom stereocenters. The first-order valence-corrected chi connectivity index (χ1v) is 13.3. The second-order valence-corrected chi connectivity index (χ2v) is 9.90. The molecule has 39 heavy (non-hydrogen) atoms. The average molecular weight is 544 g/mol. The topological polar surface area (TPSA) is 87.4 Å². The maximum atomic E-state index is 14.9. The molecular weight excluding hydrogens is 517 g/mol. The molecular formula is C29H27ClFN7O. The van der Waals surface area contributed by atoms with Gasteiger partial charge in [-0.2, -0.15) is 4.98 Å². The van der Waals surface area contributed by atoms with Crippen molar-refractivity contribution >= 4 is 51.7 Å². The summed E-state index contributed by atoms with van der Waals surface area (Å²) in [6, 6.07) is 12.5. The predicted octanol–water partition coefficient (Wildman–Crippen LogP) is 5.24. The smallest absolute Gasteiger partial charge is 0.260 e. The maximum Gasteiger partial charge on any atom is 0.260 e. The van der Waals surface area contributed by atoms with Crippen LogP contribution in [0.4, 0.5) is 21.7 Å². The van der Waals surface area contributed by atoms with Gasteiger partial charge in [-0.05, 0) is 48.4 Å². The van der Waals surface area contributed by atoms with Crippen LogP contribution in [0.3, 0.4) is 0 Å². The van der Waals surface area contributed by atoms with Crippen LogP contribution in [0.5, 0.6) is 0 Å². The van der Waals surface area contributed by atoms with Crippen LogP contribution in [0.1, 0.15) is 18.9 Å². The van der Waals surface area contributed by atoms with Gasteiger partial charge in [0.2, 0.25) is 5.95 Å². The molecule has 0 amide bonds. The number of aromatic nitrogens is 3. The highest BCUT2D eigenvalue weighted by Crippen LogP contribution is 2.32. The quantitative estimate of drug-likeness (QED) is 0.346. The number of fused-ring (bicyclic) bond motifs is 1. The lowest BCUT2D eigenvalue weighted by Gasteiger charge is -2.29. The third kappa shape index (κ3) is 4.91. The van der Waals surface area contributed by atoms with E-state index in [0.29, 0.717) is 45.1 Å². The summed E-state index contributed by atoms with van der Waals surface area (Å²) in [5.41, 5.74) is 4.59. The Hall–Kier alpha value is -4.08. The molecule has 8 nitrogen and oxygen atoms in total. The van der Waals surface area contributed by atoms with E-state index in [1.165, 1.54) is 6.07 Å². The number of hydrogen-bond acceptors (Lipinski definition) is 7. The van der Waals surface area contributed by atoms with Crippen LogP contribution < -0.4 is 21.1 Å². The largest absolute Gasteiger partial charge is 0.367 e. The molecule has 6 rings (SSSR count). The number of pyridine rings is 1. The maximum absolute atomic E-state index is 14.9. The van der Waals surface area contributed by atoms with Crippen molar-refractivity contribution in [2.24, 2.45) is 4.99 Å². The Kier molecular flexibility index (Phi) is 6.85. The summed E-state index contributed by atoms with van der Waals surface area (Å²) in [4.78, 5) is 28.8.